The second-order valence-electron chi connectivity index (χ2n) is 7.03. The van der Waals surface area contributed by atoms with Crippen LogP contribution in [0.5, 0.6) is 0 Å². The highest BCUT2D eigenvalue weighted by atomic mass is 35.5. The zero-order chi connectivity index (χ0) is 18.5. The number of carbonyl (C=O) groups excluding carboxylic acids is 2. The van der Waals surface area contributed by atoms with Crippen molar-refractivity contribution in [1.82, 2.24) is 4.90 Å². The van der Waals surface area contributed by atoms with Gasteiger partial charge in [0, 0.05) is 33.3 Å². The minimum atomic E-state index is -1.12. The number of carbonyl (C=O) groups is 2. The molecule has 0 aliphatic carbocycles. The van der Waals surface area contributed by atoms with Crippen LogP contribution >= 0.6 is 23.4 Å². The highest BCUT2D eigenvalue weighted by Crippen LogP contribution is 2.58. The molecule has 2 heterocycles. The molecular formula is C19H18ClN3O2S. The zero-order valence-electron chi connectivity index (χ0n) is 14.4. The number of urea groups is 1. The van der Waals surface area contributed by atoms with E-state index in [4.69, 9.17) is 11.6 Å². The van der Waals surface area contributed by atoms with Crippen molar-refractivity contribution >= 4 is 46.7 Å². The molecule has 3 amide bonds. The van der Waals surface area contributed by atoms with E-state index in [1.165, 1.54) is 11.8 Å². The van der Waals surface area contributed by atoms with Crippen molar-refractivity contribution in [1.29, 1.82) is 0 Å². The Balaban J connectivity index is 1.78. The molecule has 1 fully saturated rings. The van der Waals surface area contributed by atoms with E-state index in [0.29, 0.717) is 22.9 Å². The topological polar surface area (TPSA) is 61.4 Å². The van der Waals surface area contributed by atoms with Crippen molar-refractivity contribution in [2.75, 3.05) is 17.2 Å². The molecule has 7 heteroatoms. The molecule has 0 saturated carbocycles. The molecule has 134 valence electrons. The van der Waals surface area contributed by atoms with E-state index in [1.54, 1.807) is 23.1 Å². The summed E-state index contributed by atoms with van der Waals surface area (Å²) >= 11 is 7.67. The molecule has 5 nitrogen and oxygen atoms in total. The van der Waals surface area contributed by atoms with Crippen LogP contribution in [0.3, 0.4) is 0 Å². The Morgan fingerprint density at radius 2 is 1.96 bits per heavy atom. The van der Waals surface area contributed by atoms with Crippen LogP contribution in [0.4, 0.5) is 16.2 Å². The normalized spacial score (nSPS) is 23.0. The van der Waals surface area contributed by atoms with Gasteiger partial charge in [0.2, 0.25) is 0 Å². The van der Waals surface area contributed by atoms with Crippen molar-refractivity contribution < 1.29 is 9.59 Å². The third-order valence-corrected chi connectivity index (χ3v) is 6.35. The van der Waals surface area contributed by atoms with Crippen molar-refractivity contribution in [3.05, 3.63) is 59.1 Å². The van der Waals surface area contributed by atoms with Crippen LogP contribution < -0.4 is 10.6 Å². The van der Waals surface area contributed by atoms with E-state index in [-0.39, 0.29) is 16.7 Å². The molecule has 26 heavy (non-hydrogen) atoms. The number of thioether (sulfide) groups is 1. The first-order valence-electron chi connectivity index (χ1n) is 8.27. The number of nitrogens with zero attached hydrogens (tertiary/aromatic N) is 1. The Bertz CT molecular complexity index is 903. The summed E-state index contributed by atoms with van der Waals surface area (Å²) in [5.41, 5.74) is 2.11. The quantitative estimate of drug-likeness (QED) is 0.757. The highest BCUT2D eigenvalue weighted by molar-refractivity contribution is 8.02. The van der Waals surface area contributed by atoms with Gasteiger partial charge < -0.3 is 10.6 Å². The highest BCUT2D eigenvalue weighted by Gasteiger charge is 2.61. The molecule has 1 spiro atoms. The average Bonchev–Trinajstić information content (AvgIpc) is 3.03. The van der Waals surface area contributed by atoms with Gasteiger partial charge in [0.15, 0.2) is 4.87 Å². The van der Waals surface area contributed by atoms with E-state index in [1.807, 2.05) is 44.2 Å². The number of fused-ring (bicyclic) bond motifs is 2. The molecule has 2 aromatic rings. The number of nitrogens with one attached hydrogen (secondary N) is 2. The standard InChI is InChI=1S/C19H18ClN3O2S/c1-18(2)11-23(17(25)21-13-6-4-3-5-7-13)19(26-18)14-10-12(20)8-9-15(14)22-16(19)24/h3-10H,11H2,1-2H3,(H,21,25)(H,22,24). The van der Waals surface area contributed by atoms with Crippen LogP contribution in [0.2, 0.25) is 5.02 Å². The summed E-state index contributed by atoms with van der Waals surface area (Å²) in [5.74, 6) is -0.214. The molecule has 1 atom stereocenters. The number of anilines is 2. The lowest BCUT2D eigenvalue weighted by molar-refractivity contribution is -0.121. The lowest BCUT2D eigenvalue weighted by Crippen LogP contribution is -2.49. The van der Waals surface area contributed by atoms with Crippen molar-refractivity contribution in [3.8, 4) is 0 Å². The lowest BCUT2D eigenvalue weighted by atomic mass is 10.0. The molecule has 1 saturated heterocycles. The van der Waals surface area contributed by atoms with Gasteiger partial charge >= 0.3 is 6.03 Å². The number of amides is 3. The van der Waals surface area contributed by atoms with Gasteiger partial charge in [0.25, 0.3) is 5.91 Å². The van der Waals surface area contributed by atoms with Gasteiger partial charge in [-0.05, 0) is 44.2 Å². The summed E-state index contributed by atoms with van der Waals surface area (Å²) in [5, 5.41) is 6.34. The summed E-state index contributed by atoms with van der Waals surface area (Å²) in [4.78, 5) is 26.6. The minimum Gasteiger partial charge on any atom is -0.323 e. The van der Waals surface area contributed by atoms with Gasteiger partial charge in [-0.3, -0.25) is 9.69 Å². The summed E-state index contributed by atoms with van der Waals surface area (Å²) in [6.45, 7) is 4.51. The molecule has 0 bridgehead atoms. The fourth-order valence-corrected chi connectivity index (χ4v) is 5.36. The molecule has 0 radical (unpaired) electrons. The number of halogens is 1. The van der Waals surface area contributed by atoms with Gasteiger partial charge in [0.1, 0.15) is 0 Å². The van der Waals surface area contributed by atoms with Crippen LogP contribution in [-0.4, -0.2) is 28.1 Å². The van der Waals surface area contributed by atoms with Crippen LogP contribution in [-0.2, 0) is 9.67 Å². The Labute approximate surface area is 161 Å². The predicted octanol–water partition coefficient (Wildman–Crippen LogP) is 4.50. The maximum Gasteiger partial charge on any atom is 0.323 e. The molecule has 2 aliphatic heterocycles. The van der Waals surface area contributed by atoms with Gasteiger partial charge in [-0.1, -0.05) is 29.8 Å². The van der Waals surface area contributed by atoms with Crippen molar-refractivity contribution in [2.45, 2.75) is 23.5 Å². The number of rotatable bonds is 1. The first-order chi connectivity index (χ1) is 12.3. The molecule has 4 rings (SSSR count). The molecule has 2 aliphatic rings. The number of benzene rings is 2. The number of para-hydroxylation sites is 1. The average molecular weight is 388 g/mol. The van der Waals surface area contributed by atoms with E-state index in [0.717, 1.165) is 5.56 Å². The first-order valence-corrected chi connectivity index (χ1v) is 9.47. The Hall–Kier alpha value is -2.18. The SMILES string of the molecule is CC1(C)CN(C(=O)Nc2ccccc2)C2(S1)C(=O)Nc1ccc(Cl)cc12. The maximum absolute atomic E-state index is 13.1. The van der Waals surface area contributed by atoms with Crippen molar-refractivity contribution in [2.24, 2.45) is 0 Å². The third kappa shape index (κ3) is 2.64. The zero-order valence-corrected chi connectivity index (χ0v) is 15.9. The summed E-state index contributed by atoms with van der Waals surface area (Å²) in [6, 6.07) is 14.2. The smallest absolute Gasteiger partial charge is 0.323 e. The van der Waals surface area contributed by atoms with E-state index >= 15 is 0 Å². The third-order valence-electron chi connectivity index (χ3n) is 4.52. The molecule has 0 aromatic heterocycles. The summed E-state index contributed by atoms with van der Waals surface area (Å²) in [6.07, 6.45) is 0. The number of hydrogen-bond donors (Lipinski definition) is 2. The fourth-order valence-electron chi connectivity index (χ4n) is 3.51. The Morgan fingerprint density at radius 3 is 2.69 bits per heavy atom. The van der Waals surface area contributed by atoms with E-state index < -0.39 is 4.87 Å². The maximum atomic E-state index is 13.1. The van der Waals surface area contributed by atoms with Gasteiger partial charge in [-0.25, -0.2) is 4.79 Å². The Kier molecular flexibility index (Phi) is 3.93. The fraction of sp³-hybridized carbons (Fsp3) is 0.263. The van der Waals surface area contributed by atoms with Gasteiger partial charge in [-0.2, -0.15) is 0 Å². The van der Waals surface area contributed by atoms with Crippen molar-refractivity contribution in [3.63, 3.8) is 0 Å². The predicted molar refractivity (Wildman–Crippen MR) is 106 cm³/mol. The van der Waals surface area contributed by atoms with Crippen LogP contribution in [0.15, 0.2) is 48.5 Å². The van der Waals surface area contributed by atoms with Gasteiger partial charge in [0.05, 0.1) is 0 Å². The van der Waals surface area contributed by atoms with Crippen LogP contribution in [0.25, 0.3) is 0 Å². The second-order valence-corrected chi connectivity index (χ2v) is 9.37. The minimum absolute atomic E-state index is 0.214. The monoisotopic (exact) mass is 387 g/mol. The molecule has 2 aromatic carbocycles. The lowest BCUT2D eigenvalue weighted by Gasteiger charge is -2.32. The van der Waals surface area contributed by atoms with E-state index in [2.05, 4.69) is 10.6 Å². The number of hydrogen-bond acceptors (Lipinski definition) is 3. The molecule has 2 N–H and O–H groups in total. The van der Waals surface area contributed by atoms with Crippen LogP contribution in [0, 0.1) is 0 Å². The van der Waals surface area contributed by atoms with E-state index in [9.17, 15) is 9.59 Å². The second kappa shape index (κ2) is 5.93. The molecule has 1 unspecified atom stereocenters. The van der Waals surface area contributed by atoms with Crippen LogP contribution in [0.1, 0.15) is 19.4 Å². The molecular weight excluding hydrogens is 370 g/mol. The first kappa shape index (κ1) is 17.2. The van der Waals surface area contributed by atoms with Gasteiger partial charge in [-0.15, -0.1) is 11.8 Å². The summed E-state index contributed by atoms with van der Waals surface area (Å²) < 4.78 is -0.282. The largest absolute Gasteiger partial charge is 0.323 e. The summed E-state index contributed by atoms with van der Waals surface area (Å²) in [7, 11) is 0. The Morgan fingerprint density at radius 1 is 1.23 bits per heavy atom.